The van der Waals surface area contributed by atoms with E-state index in [1.807, 2.05) is 29.4 Å². The van der Waals surface area contributed by atoms with Crippen molar-refractivity contribution in [3.05, 3.63) is 71.4 Å². The summed E-state index contributed by atoms with van der Waals surface area (Å²) in [7, 11) is -1.52. The third-order valence-corrected chi connectivity index (χ3v) is 10.2. The van der Waals surface area contributed by atoms with E-state index in [1.54, 1.807) is 29.2 Å². The van der Waals surface area contributed by atoms with Gasteiger partial charge in [-0.15, -0.1) is 0 Å². The van der Waals surface area contributed by atoms with E-state index in [0.717, 1.165) is 41.4 Å². The summed E-state index contributed by atoms with van der Waals surface area (Å²) in [5, 5.41) is 4.59. The maximum atomic E-state index is 14.1. The van der Waals surface area contributed by atoms with Crippen LogP contribution in [0.1, 0.15) is 24.6 Å². The predicted molar refractivity (Wildman–Crippen MR) is 157 cm³/mol. The Morgan fingerprint density at radius 2 is 1.86 bits per heavy atom. The molecule has 10 nitrogen and oxygen atoms in total. The molecule has 0 amide bonds. The minimum Gasteiger partial charge on any atom is -0.464 e. The summed E-state index contributed by atoms with van der Waals surface area (Å²) < 4.78 is 47.9. The first kappa shape index (κ1) is 28.3. The monoisotopic (exact) mass is 607 g/mol. The van der Waals surface area contributed by atoms with E-state index >= 15 is 0 Å². The normalized spacial score (nSPS) is 23.9. The third kappa shape index (κ3) is 5.30. The van der Waals surface area contributed by atoms with Crippen LogP contribution in [0.3, 0.4) is 0 Å². The van der Waals surface area contributed by atoms with Crippen molar-refractivity contribution < 1.29 is 27.6 Å². The molecular weight excluding hydrogens is 573 g/mol. The predicted octanol–water partition coefficient (Wildman–Crippen LogP) is 3.18. The highest BCUT2D eigenvalue weighted by atomic mass is 32.2. The largest absolute Gasteiger partial charge is 0.464 e. The van der Waals surface area contributed by atoms with Gasteiger partial charge in [0.05, 0.1) is 48.9 Å². The molecule has 0 radical (unpaired) electrons. The number of morpholine rings is 1. The Bertz CT molecular complexity index is 1570. The highest BCUT2D eigenvalue weighted by Gasteiger charge is 2.51. The van der Waals surface area contributed by atoms with Gasteiger partial charge >= 0.3 is 5.97 Å². The second kappa shape index (κ2) is 11.2. The molecule has 1 aliphatic carbocycles. The Morgan fingerprint density at radius 3 is 2.56 bits per heavy atom. The van der Waals surface area contributed by atoms with Crippen molar-refractivity contribution in [2.24, 2.45) is 10.8 Å². The van der Waals surface area contributed by atoms with Gasteiger partial charge in [0.25, 0.3) is 0 Å². The second-order valence-electron chi connectivity index (χ2n) is 12.1. The van der Waals surface area contributed by atoms with Gasteiger partial charge in [-0.3, -0.25) is 4.79 Å². The summed E-state index contributed by atoms with van der Waals surface area (Å²) in [4.78, 5) is 21.4. The number of nitrogens with zero attached hydrogens (tertiary/aromatic N) is 5. The molecule has 3 aromatic rings. The quantitative estimate of drug-likeness (QED) is 0.378. The van der Waals surface area contributed by atoms with Crippen LogP contribution in [0.5, 0.6) is 0 Å². The molecule has 43 heavy (non-hydrogen) atoms. The molecule has 7 rings (SSSR count). The van der Waals surface area contributed by atoms with Gasteiger partial charge < -0.3 is 19.1 Å². The molecule has 0 spiro atoms. The molecule has 3 fully saturated rings. The average Bonchev–Trinajstić information content (AvgIpc) is 3.44. The summed E-state index contributed by atoms with van der Waals surface area (Å²) in [5.74, 6) is 0.190. The smallest absolute Gasteiger partial charge is 0.317 e. The van der Waals surface area contributed by atoms with Crippen LogP contribution in [0.2, 0.25) is 0 Å². The molecule has 1 aromatic carbocycles. The van der Waals surface area contributed by atoms with Gasteiger partial charge in [0.15, 0.2) is 0 Å². The van der Waals surface area contributed by atoms with Crippen molar-refractivity contribution >= 4 is 28.8 Å². The lowest BCUT2D eigenvalue weighted by Crippen LogP contribution is -2.53. The van der Waals surface area contributed by atoms with E-state index in [4.69, 9.17) is 14.2 Å². The van der Waals surface area contributed by atoms with Crippen LogP contribution in [0.4, 0.5) is 10.2 Å². The molecule has 0 N–H and O–H groups in total. The lowest BCUT2D eigenvalue weighted by atomic mass is 9.68. The van der Waals surface area contributed by atoms with Crippen LogP contribution >= 0.6 is 0 Å². The average molecular weight is 608 g/mol. The number of carbonyl (C=O) groups is 1. The first-order chi connectivity index (χ1) is 20.8. The van der Waals surface area contributed by atoms with Crippen LogP contribution < -0.4 is 4.90 Å². The number of aromatic nitrogens is 3. The van der Waals surface area contributed by atoms with Gasteiger partial charge in [0.2, 0.25) is 0 Å². The van der Waals surface area contributed by atoms with Crippen molar-refractivity contribution in [3.8, 4) is 5.69 Å². The molecule has 3 aliphatic heterocycles. The zero-order valence-electron chi connectivity index (χ0n) is 24.0. The zero-order valence-corrected chi connectivity index (χ0v) is 24.9. The van der Waals surface area contributed by atoms with Crippen LogP contribution in [-0.2, 0) is 36.4 Å². The fraction of sp³-hybridized carbons (Fsp3) is 0.452. The van der Waals surface area contributed by atoms with Crippen LogP contribution in [0.15, 0.2) is 59.3 Å². The van der Waals surface area contributed by atoms with Crippen molar-refractivity contribution in [2.75, 3.05) is 64.1 Å². The van der Waals surface area contributed by atoms with Gasteiger partial charge in [0, 0.05) is 37.8 Å². The molecule has 1 unspecified atom stereocenters. The number of carbonyl (C=O) groups excluding carboxylic acids is 1. The number of ether oxygens (including phenoxy) is 3. The molecule has 0 saturated carbocycles. The summed E-state index contributed by atoms with van der Waals surface area (Å²) >= 11 is 0. The molecule has 2 aromatic heterocycles. The molecule has 5 heterocycles. The first-order valence-corrected chi connectivity index (χ1v) is 15.7. The van der Waals surface area contributed by atoms with Gasteiger partial charge in [-0.2, -0.15) is 5.10 Å². The highest BCUT2D eigenvalue weighted by Crippen LogP contribution is 2.46. The minimum atomic E-state index is -1.52. The Hall–Kier alpha value is -3.45. The maximum absolute atomic E-state index is 14.1. The van der Waals surface area contributed by atoms with E-state index in [1.165, 1.54) is 12.1 Å². The standard InChI is InChI=1S/C31H34FN5O5S/c1-30(19-41-20-30)21-42-29(38)31-15-22-16-34-37(25-4-2-24(32)3-5-25)27(22)14-23(31)8-9-36(18-31)43(39)26-6-7-28(33-17-26)35-10-12-40-13-11-35/h2-7,14,16-17H,8-13,15,18-21H2,1H3/t31-,43?/m0/s1. The van der Waals surface area contributed by atoms with Gasteiger partial charge in [-0.1, -0.05) is 6.92 Å². The molecule has 0 bridgehead atoms. The van der Waals surface area contributed by atoms with E-state index in [2.05, 4.69) is 15.0 Å². The summed E-state index contributed by atoms with van der Waals surface area (Å²) in [6.45, 7) is 7.01. The lowest BCUT2D eigenvalue weighted by Gasteiger charge is -2.45. The maximum Gasteiger partial charge on any atom is 0.317 e. The molecule has 3 saturated heterocycles. The van der Waals surface area contributed by atoms with Crippen molar-refractivity contribution in [3.63, 3.8) is 0 Å². The van der Waals surface area contributed by atoms with Crippen LogP contribution in [0, 0.1) is 16.6 Å². The highest BCUT2D eigenvalue weighted by molar-refractivity contribution is 7.82. The fourth-order valence-electron chi connectivity index (χ4n) is 6.23. The summed E-state index contributed by atoms with van der Waals surface area (Å²) in [6, 6.07) is 9.93. The SMILES string of the molecule is CC1(COC(=O)[C@]23Cc4cnn(-c5ccc(F)cc5)c4C=C2CCN(S(=O)c2ccc(N4CCOCC4)nc2)C3)COC1. The number of rotatable bonds is 7. The number of hydrogen-bond acceptors (Lipinski definition) is 8. The number of piperidine rings is 1. The van der Waals surface area contributed by atoms with E-state index in [0.29, 0.717) is 50.7 Å². The molecule has 12 heteroatoms. The van der Waals surface area contributed by atoms with Crippen molar-refractivity contribution in [1.29, 1.82) is 0 Å². The Balaban J connectivity index is 1.17. The molecule has 2 atom stereocenters. The zero-order chi connectivity index (χ0) is 29.6. The number of hydrogen-bond donors (Lipinski definition) is 0. The number of pyridine rings is 1. The minimum absolute atomic E-state index is 0.200. The summed E-state index contributed by atoms with van der Waals surface area (Å²) in [5.41, 5.74) is 2.19. The number of esters is 1. The van der Waals surface area contributed by atoms with E-state index in [-0.39, 0.29) is 30.4 Å². The Kier molecular flexibility index (Phi) is 7.40. The molecular formula is C31H34FN5O5S. The fourth-order valence-corrected chi connectivity index (χ4v) is 7.45. The van der Waals surface area contributed by atoms with Crippen LogP contribution in [0.25, 0.3) is 11.8 Å². The number of anilines is 1. The van der Waals surface area contributed by atoms with E-state index in [9.17, 15) is 13.4 Å². The van der Waals surface area contributed by atoms with Crippen molar-refractivity contribution in [2.45, 2.75) is 24.7 Å². The number of fused-ring (bicyclic) bond motifs is 2. The van der Waals surface area contributed by atoms with Gasteiger partial charge in [-0.25, -0.2) is 22.6 Å². The second-order valence-corrected chi connectivity index (χ2v) is 13.6. The number of benzene rings is 1. The number of halogens is 1. The van der Waals surface area contributed by atoms with Gasteiger partial charge in [0.1, 0.15) is 34.6 Å². The Morgan fingerprint density at radius 1 is 1.07 bits per heavy atom. The Labute approximate surface area is 252 Å². The first-order valence-electron chi connectivity index (χ1n) is 14.6. The topological polar surface area (TPSA) is 99.0 Å². The van der Waals surface area contributed by atoms with Crippen molar-refractivity contribution in [1.82, 2.24) is 19.1 Å². The molecule has 4 aliphatic rings. The third-order valence-electron chi connectivity index (χ3n) is 8.79. The van der Waals surface area contributed by atoms with Gasteiger partial charge in [-0.05, 0) is 66.5 Å². The lowest BCUT2D eigenvalue weighted by molar-refractivity contribution is -0.174. The molecule has 226 valence electrons. The summed E-state index contributed by atoms with van der Waals surface area (Å²) in [6.07, 6.45) is 6.34. The van der Waals surface area contributed by atoms with Crippen LogP contribution in [-0.4, -0.2) is 88.5 Å². The van der Waals surface area contributed by atoms with E-state index < -0.39 is 16.4 Å².